The van der Waals surface area contributed by atoms with E-state index in [-0.39, 0.29) is 16.7 Å². The van der Waals surface area contributed by atoms with Crippen LogP contribution in [0.15, 0.2) is 54.4 Å². The van der Waals surface area contributed by atoms with E-state index >= 15 is 0 Å². The summed E-state index contributed by atoms with van der Waals surface area (Å²) in [4.78, 5) is 74.7. The molecule has 4 amide bonds. The summed E-state index contributed by atoms with van der Waals surface area (Å²) in [6, 6.07) is 9.41. The normalized spacial score (nSPS) is 15.7. The Bertz CT molecular complexity index is 1880. The third-order valence-corrected chi connectivity index (χ3v) is 7.19. The minimum atomic E-state index is -5.10. The van der Waals surface area contributed by atoms with Crippen molar-refractivity contribution in [2.45, 2.75) is 58.8 Å². The van der Waals surface area contributed by atoms with E-state index in [1.165, 1.54) is 47.2 Å². The molecule has 0 spiro atoms. The van der Waals surface area contributed by atoms with Crippen molar-refractivity contribution in [3.05, 3.63) is 76.1 Å². The molecule has 1 fully saturated rings. The molecule has 4 rings (SSSR count). The van der Waals surface area contributed by atoms with E-state index < -0.39 is 61.5 Å². The molecule has 248 valence electrons. The number of rotatable bonds is 6. The summed E-state index contributed by atoms with van der Waals surface area (Å²) in [5, 5.41) is 9.92. The fraction of sp³-hybridized carbons (Fsp3) is 0.323. The Labute approximate surface area is 274 Å². The molecule has 0 bridgehead atoms. The molecule has 0 saturated carbocycles. The Balaban J connectivity index is 1.91. The number of imide groups is 2. The van der Waals surface area contributed by atoms with Gasteiger partial charge in [0.15, 0.2) is 0 Å². The molecular formula is C31H32ClN4O10P. The van der Waals surface area contributed by atoms with Gasteiger partial charge in [-0.2, -0.15) is 10.2 Å². The number of phosphoric acid groups is 1. The van der Waals surface area contributed by atoms with E-state index in [2.05, 4.69) is 0 Å². The number of carbonyl (C=O) groups is 4. The number of hydrogen-bond acceptors (Lipinski definition) is 9. The summed E-state index contributed by atoms with van der Waals surface area (Å²) in [5.41, 5.74) is -1.52. The molecule has 1 aromatic heterocycles. The minimum Gasteiger partial charge on any atom is -0.443 e. The lowest BCUT2D eigenvalue weighted by atomic mass is 10.0. The number of nitriles is 1. The second-order valence-corrected chi connectivity index (χ2v) is 14.1. The maximum Gasteiger partial charge on any atom is 0.469 e. The lowest BCUT2D eigenvalue weighted by Gasteiger charge is -2.27. The zero-order chi connectivity index (χ0) is 35.1. The highest BCUT2D eigenvalue weighted by molar-refractivity contribution is 7.46. The number of urea groups is 1. The fourth-order valence-corrected chi connectivity index (χ4v) is 5.12. The number of carbonyl (C=O) groups excluding carboxylic acids is 4. The van der Waals surface area contributed by atoms with Crippen molar-refractivity contribution in [3.8, 4) is 6.07 Å². The number of fused-ring (bicyclic) bond motifs is 1. The number of aromatic nitrogens is 1. The molecule has 1 saturated heterocycles. The molecule has 16 heteroatoms. The van der Waals surface area contributed by atoms with Crippen LogP contribution in [0.4, 0.5) is 14.4 Å². The predicted octanol–water partition coefficient (Wildman–Crippen LogP) is 6.34. The first-order valence-corrected chi connectivity index (χ1v) is 16.0. The zero-order valence-electron chi connectivity index (χ0n) is 26.3. The van der Waals surface area contributed by atoms with Crippen molar-refractivity contribution >= 4 is 60.5 Å². The average molecular weight is 687 g/mol. The third-order valence-electron chi connectivity index (χ3n) is 6.47. The summed E-state index contributed by atoms with van der Waals surface area (Å²) in [6.45, 7) is 8.86. The van der Waals surface area contributed by atoms with Crippen molar-refractivity contribution in [1.29, 1.82) is 5.26 Å². The molecule has 1 unspecified atom stereocenters. The third kappa shape index (κ3) is 8.26. The summed E-state index contributed by atoms with van der Waals surface area (Å²) in [7, 11) is -5.10. The fourth-order valence-electron chi connectivity index (χ4n) is 4.62. The van der Waals surface area contributed by atoms with Crippen LogP contribution in [0, 0.1) is 11.3 Å². The number of amides is 4. The van der Waals surface area contributed by atoms with Gasteiger partial charge < -0.3 is 19.3 Å². The number of ether oxygens (including phenoxy) is 2. The van der Waals surface area contributed by atoms with Gasteiger partial charge in [-0.3, -0.25) is 13.9 Å². The van der Waals surface area contributed by atoms with E-state index in [0.29, 0.717) is 25.7 Å². The topological polar surface area (TPSA) is 189 Å². The molecule has 14 nitrogen and oxygen atoms in total. The summed E-state index contributed by atoms with van der Waals surface area (Å²) in [5.74, 6) is -1.04. The number of hydrogen-bond donors (Lipinski definition) is 2. The van der Waals surface area contributed by atoms with Crippen LogP contribution in [0.5, 0.6) is 0 Å². The van der Waals surface area contributed by atoms with E-state index in [0.717, 1.165) is 0 Å². The van der Waals surface area contributed by atoms with Gasteiger partial charge in [0.05, 0.1) is 29.8 Å². The van der Waals surface area contributed by atoms with Gasteiger partial charge in [-0.15, -0.1) is 0 Å². The van der Waals surface area contributed by atoms with Gasteiger partial charge in [0.25, 0.3) is 5.91 Å². The molecule has 1 aliphatic heterocycles. The van der Waals surface area contributed by atoms with E-state index in [4.69, 9.17) is 25.6 Å². The first-order chi connectivity index (χ1) is 21.7. The van der Waals surface area contributed by atoms with Gasteiger partial charge in [-0.1, -0.05) is 29.8 Å². The smallest absolute Gasteiger partial charge is 0.443 e. The predicted molar refractivity (Wildman–Crippen MR) is 169 cm³/mol. The van der Waals surface area contributed by atoms with Crippen LogP contribution < -0.4 is 0 Å². The Hall–Kier alpha value is -4.51. The van der Waals surface area contributed by atoms with Crippen molar-refractivity contribution in [1.82, 2.24) is 14.4 Å². The Morgan fingerprint density at radius 2 is 1.60 bits per heavy atom. The highest BCUT2D eigenvalue weighted by Crippen LogP contribution is 2.40. The molecule has 2 heterocycles. The van der Waals surface area contributed by atoms with Crippen molar-refractivity contribution < 1.29 is 47.5 Å². The second kappa shape index (κ2) is 12.9. The average Bonchev–Trinajstić information content (AvgIpc) is 3.41. The maximum absolute atomic E-state index is 14.1. The molecule has 2 N–H and O–H groups in total. The molecule has 47 heavy (non-hydrogen) atoms. The van der Waals surface area contributed by atoms with Crippen LogP contribution >= 0.6 is 19.4 Å². The van der Waals surface area contributed by atoms with Crippen LogP contribution in [-0.4, -0.2) is 66.1 Å². The van der Waals surface area contributed by atoms with Gasteiger partial charge in [-0.05, 0) is 77.4 Å². The molecule has 2 aromatic carbocycles. The van der Waals surface area contributed by atoms with Crippen LogP contribution in [-0.2, 0) is 23.4 Å². The zero-order valence-corrected chi connectivity index (χ0v) is 27.9. The summed E-state index contributed by atoms with van der Waals surface area (Å²) in [6.07, 6.45) is 0.591. The van der Waals surface area contributed by atoms with Gasteiger partial charge in [0.1, 0.15) is 16.9 Å². The van der Waals surface area contributed by atoms with E-state index in [9.17, 15) is 38.8 Å². The molecular weight excluding hydrogens is 655 g/mol. The highest BCUT2D eigenvalue weighted by atomic mass is 35.5. The van der Waals surface area contributed by atoms with E-state index in [1.807, 2.05) is 6.07 Å². The molecule has 1 aliphatic rings. The van der Waals surface area contributed by atoms with Crippen molar-refractivity contribution in [2.24, 2.45) is 0 Å². The largest absolute Gasteiger partial charge is 0.469 e. The first kappa shape index (κ1) is 35.3. The number of benzene rings is 2. The molecule has 1 atom stereocenters. The first-order valence-electron chi connectivity index (χ1n) is 14.1. The summed E-state index contributed by atoms with van der Waals surface area (Å²) < 4.78 is 28.5. The van der Waals surface area contributed by atoms with E-state index in [1.54, 1.807) is 53.7 Å². The number of halogens is 1. The standard InChI is InChI=1S/C31H32ClN4O10P/c1-30(2,3)45-28(39)34-16-20(22-12-11-21(32)14-23(22)34)13-24-26(37)35(27(38)36(24)29(40)46-31(4,5)6)25(17-44-47(41,42)43)19-9-7-18(15-33)8-10-19/h7-14,16,25H,17H2,1-6H3,(H2,41,42,43)/b24-13-. The quantitative estimate of drug-likeness (QED) is 0.167. The SMILES string of the molecule is CC(C)(C)OC(=O)N1C(=O)N(C(COP(=O)(O)O)c2ccc(C#N)cc2)C(=O)/C1=C/c1cn(C(=O)OC(C)(C)C)c2cc(Cl)ccc12. The van der Waals surface area contributed by atoms with Crippen molar-refractivity contribution in [3.63, 3.8) is 0 Å². The van der Waals surface area contributed by atoms with Crippen molar-refractivity contribution in [2.75, 3.05) is 6.61 Å². The lowest BCUT2D eigenvalue weighted by Crippen LogP contribution is -2.41. The monoisotopic (exact) mass is 686 g/mol. The molecule has 0 radical (unpaired) electrons. The molecule has 0 aliphatic carbocycles. The van der Waals surface area contributed by atoms with Crippen LogP contribution in [0.1, 0.15) is 64.3 Å². The molecule has 3 aromatic rings. The van der Waals surface area contributed by atoms with Crippen LogP contribution in [0.2, 0.25) is 5.02 Å². The lowest BCUT2D eigenvalue weighted by molar-refractivity contribution is -0.125. The van der Waals surface area contributed by atoms with Crippen LogP contribution in [0.25, 0.3) is 17.0 Å². The van der Waals surface area contributed by atoms with Gasteiger partial charge in [-0.25, -0.2) is 23.8 Å². The highest BCUT2D eigenvalue weighted by Gasteiger charge is 2.50. The van der Waals surface area contributed by atoms with Gasteiger partial charge in [0, 0.05) is 22.2 Å². The Morgan fingerprint density at radius 1 is 1.00 bits per heavy atom. The number of nitrogens with zero attached hydrogens (tertiary/aromatic N) is 4. The Kier molecular flexibility index (Phi) is 9.73. The number of phosphoric ester groups is 1. The maximum atomic E-state index is 14.1. The summed E-state index contributed by atoms with van der Waals surface area (Å²) >= 11 is 6.23. The second-order valence-electron chi connectivity index (χ2n) is 12.4. The van der Waals surface area contributed by atoms with Gasteiger partial charge >= 0.3 is 26.0 Å². The van der Waals surface area contributed by atoms with Gasteiger partial charge in [0.2, 0.25) is 0 Å². The Morgan fingerprint density at radius 3 is 2.15 bits per heavy atom. The van der Waals surface area contributed by atoms with Crippen LogP contribution in [0.3, 0.4) is 0 Å². The minimum absolute atomic E-state index is 0.167.